The van der Waals surface area contributed by atoms with Gasteiger partial charge in [0.15, 0.2) is 0 Å². The van der Waals surface area contributed by atoms with Crippen molar-refractivity contribution >= 4 is 5.91 Å². The second-order valence-electron chi connectivity index (χ2n) is 7.75. The van der Waals surface area contributed by atoms with Crippen molar-refractivity contribution in [2.24, 2.45) is 17.6 Å². The lowest BCUT2D eigenvalue weighted by molar-refractivity contribution is -0.141. The Morgan fingerprint density at radius 2 is 2.16 bits per heavy atom. The summed E-state index contributed by atoms with van der Waals surface area (Å²) < 4.78 is 13.4. The highest BCUT2D eigenvalue weighted by atomic mass is 19.1. The summed E-state index contributed by atoms with van der Waals surface area (Å²) in [6.07, 6.45) is 4.05. The fraction of sp³-hybridized carbons (Fsp3) is 0.650. The van der Waals surface area contributed by atoms with E-state index < -0.39 is 0 Å². The van der Waals surface area contributed by atoms with E-state index in [1.54, 1.807) is 12.1 Å². The smallest absolute Gasteiger partial charge is 0.227 e. The molecule has 1 aromatic rings. The topological polar surface area (TPSA) is 49.6 Å². The zero-order valence-corrected chi connectivity index (χ0v) is 15.2. The molecule has 2 aliphatic heterocycles. The lowest BCUT2D eigenvalue weighted by Gasteiger charge is -2.41. The van der Waals surface area contributed by atoms with Gasteiger partial charge in [-0.2, -0.15) is 0 Å². The summed E-state index contributed by atoms with van der Waals surface area (Å²) in [5.74, 6) is 0.764. The quantitative estimate of drug-likeness (QED) is 0.911. The highest BCUT2D eigenvalue weighted by Gasteiger charge is 2.34. The molecule has 25 heavy (non-hydrogen) atoms. The second-order valence-corrected chi connectivity index (χ2v) is 7.75. The van der Waals surface area contributed by atoms with E-state index in [1.807, 2.05) is 11.0 Å². The molecule has 2 aliphatic rings. The second kappa shape index (κ2) is 8.28. The summed E-state index contributed by atoms with van der Waals surface area (Å²) in [5, 5.41) is 0. The van der Waals surface area contributed by atoms with Gasteiger partial charge in [0, 0.05) is 32.2 Å². The van der Waals surface area contributed by atoms with Crippen LogP contribution in [0.25, 0.3) is 0 Å². The number of rotatable bonds is 4. The van der Waals surface area contributed by atoms with Gasteiger partial charge in [0.1, 0.15) is 5.82 Å². The van der Waals surface area contributed by atoms with Crippen LogP contribution in [-0.4, -0.2) is 47.9 Å². The first-order valence-electron chi connectivity index (χ1n) is 9.54. The van der Waals surface area contributed by atoms with Gasteiger partial charge >= 0.3 is 0 Å². The van der Waals surface area contributed by atoms with Crippen LogP contribution in [0.3, 0.4) is 0 Å². The van der Waals surface area contributed by atoms with E-state index >= 15 is 0 Å². The average molecular weight is 347 g/mol. The molecule has 3 unspecified atom stereocenters. The van der Waals surface area contributed by atoms with Crippen LogP contribution in [-0.2, 0) is 11.3 Å². The molecule has 1 amide bonds. The molecule has 0 spiro atoms. The van der Waals surface area contributed by atoms with Crippen LogP contribution in [0.5, 0.6) is 0 Å². The lowest BCUT2D eigenvalue weighted by atomic mass is 9.89. The molecule has 3 atom stereocenters. The average Bonchev–Trinajstić information content (AvgIpc) is 2.61. The van der Waals surface area contributed by atoms with Crippen LogP contribution in [0.2, 0.25) is 0 Å². The van der Waals surface area contributed by atoms with Crippen molar-refractivity contribution in [3.63, 3.8) is 0 Å². The zero-order valence-electron chi connectivity index (χ0n) is 15.2. The lowest BCUT2D eigenvalue weighted by Crippen LogP contribution is -2.53. The molecule has 4 nitrogen and oxygen atoms in total. The van der Waals surface area contributed by atoms with Crippen molar-refractivity contribution in [1.82, 2.24) is 9.80 Å². The van der Waals surface area contributed by atoms with Crippen molar-refractivity contribution in [2.45, 2.75) is 45.2 Å². The van der Waals surface area contributed by atoms with Gasteiger partial charge < -0.3 is 10.6 Å². The van der Waals surface area contributed by atoms with Crippen molar-refractivity contribution in [2.75, 3.05) is 26.2 Å². The summed E-state index contributed by atoms with van der Waals surface area (Å²) >= 11 is 0. The highest BCUT2D eigenvalue weighted by Crippen LogP contribution is 2.27. The SMILES string of the molecule is CC1CCN(C(=O)C2CCCN(Cc3cccc(F)c3)C2)C(CN)C1. The molecular weight excluding hydrogens is 317 g/mol. The number of amides is 1. The maximum absolute atomic E-state index is 13.4. The van der Waals surface area contributed by atoms with Crippen LogP contribution < -0.4 is 5.73 Å². The molecule has 2 saturated heterocycles. The molecule has 0 radical (unpaired) electrons. The number of nitrogens with zero attached hydrogens (tertiary/aromatic N) is 2. The number of halogens is 1. The number of carbonyl (C=O) groups excluding carboxylic acids is 1. The Labute approximate surface area is 150 Å². The van der Waals surface area contributed by atoms with E-state index in [-0.39, 0.29) is 23.7 Å². The molecule has 3 rings (SSSR count). The number of hydrogen-bond donors (Lipinski definition) is 1. The predicted molar refractivity (Wildman–Crippen MR) is 97.4 cm³/mol. The van der Waals surface area contributed by atoms with Gasteiger partial charge in [-0.1, -0.05) is 19.1 Å². The first-order chi connectivity index (χ1) is 12.1. The van der Waals surface area contributed by atoms with E-state index in [0.717, 1.165) is 50.9 Å². The van der Waals surface area contributed by atoms with Crippen LogP contribution >= 0.6 is 0 Å². The number of likely N-dealkylation sites (tertiary alicyclic amines) is 2. The van der Waals surface area contributed by atoms with Crippen molar-refractivity contribution in [3.8, 4) is 0 Å². The van der Waals surface area contributed by atoms with Crippen molar-refractivity contribution in [3.05, 3.63) is 35.6 Å². The highest BCUT2D eigenvalue weighted by molar-refractivity contribution is 5.79. The normalized spacial score (nSPS) is 28.1. The van der Waals surface area contributed by atoms with E-state index in [1.165, 1.54) is 6.07 Å². The van der Waals surface area contributed by atoms with Gasteiger partial charge in [0.2, 0.25) is 5.91 Å². The van der Waals surface area contributed by atoms with Gasteiger partial charge in [-0.25, -0.2) is 4.39 Å². The van der Waals surface area contributed by atoms with Crippen LogP contribution in [0.4, 0.5) is 4.39 Å². The number of carbonyl (C=O) groups is 1. The first-order valence-corrected chi connectivity index (χ1v) is 9.54. The fourth-order valence-corrected chi connectivity index (χ4v) is 4.29. The molecule has 0 aromatic heterocycles. The van der Waals surface area contributed by atoms with Gasteiger partial charge in [0.05, 0.1) is 5.92 Å². The Kier molecular flexibility index (Phi) is 6.07. The number of hydrogen-bond acceptors (Lipinski definition) is 3. The molecule has 2 heterocycles. The molecule has 138 valence electrons. The predicted octanol–water partition coefficient (Wildman–Crippen LogP) is 2.62. The van der Waals surface area contributed by atoms with Gasteiger partial charge in [-0.3, -0.25) is 9.69 Å². The van der Waals surface area contributed by atoms with E-state index in [0.29, 0.717) is 19.0 Å². The summed E-state index contributed by atoms with van der Waals surface area (Å²) in [6, 6.07) is 6.94. The standard InChI is InChI=1S/C20H30FN3O/c1-15-7-9-24(19(10-15)12-22)20(25)17-5-3-8-23(14-17)13-16-4-2-6-18(21)11-16/h2,4,6,11,15,17,19H,3,5,7-10,12-14,22H2,1H3. The van der Waals surface area contributed by atoms with Crippen LogP contribution in [0.15, 0.2) is 24.3 Å². The Morgan fingerprint density at radius 3 is 2.92 bits per heavy atom. The van der Waals surface area contributed by atoms with Crippen molar-refractivity contribution < 1.29 is 9.18 Å². The Hall–Kier alpha value is -1.46. The minimum Gasteiger partial charge on any atom is -0.338 e. The first kappa shape index (κ1) is 18.3. The minimum atomic E-state index is -0.199. The van der Waals surface area contributed by atoms with E-state index in [9.17, 15) is 9.18 Å². The third-order valence-corrected chi connectivity index (χ3v) is 5.68. The summed E-state index contributed by atoms with van der Waals surface area (Å²) in [5.41, 5.74) is 6.90. The maximum Gasteiger partial charge on any atom is 0.227 e. The molecule has 0 saturated carbocycles. The maximum atomic E-state index is 13.4. The monoisotopic (exact) mass is 347 g/mol. The Morgan fingerprint density at radius 1 is 1.32 bits per heavy atom. The zero-order chi connectivity index (χ0) is 17.8. The molecule has 2 fully saturated rings. The number of nitrogens with two attached hydrogens (primary N) is 1. The molecule has 5 heteroatoms. The molecule has 1 aromatic carbocycles. The van der Waals surface area contributed by atoms with Gasteiger partial charge in [-0.15, -0.1) is 0 Å². The summed E-state index contributed by atoms with van der Waals surface area (Å²) in [4.78, 5) is 17.4. The molecular formula is C20H30FN3O. The third-order valence-electron chi connectivity index (χ3n) is 5.68. The summed E-state index contributed by atoms with van der Waals surface area (Å²) in [6.45, 7) is 6.07. The van der Waals surface area contributed by atoms with Crippen LogP contribution in [0, 0.1) is 17.7 Å². The Bertz CT molecular complexity index is 594. The molecule has 0 bridgehead atoms. The molecule has 2 N–H and O–H groups in total. The van der Waals surface area contributed by atoms with Gasteiger partial charge in [0.25, 0.3) is 0 Å². The number of piperidine rings is 2. The number of benzene rings is 1. The third kappa shape index (κ3) is 4.59. The fourth-order valence-electron chi connectivity index (χ4n) is 4.29. The van der Waals surface area contributed by atoms with E-state index in [2.05, 4.69) is 11.8 Å². The Balaban J connectivity index is 1.61. The van der Waals surface area contributed by atoms with E-state index in [4.69, 9.17) is 5.73 Å². The minimum absolute atomic E-state index is 0.0461. The van der Waals surface area contributed by atoms with Gasteiger partial charge in [-0.05, 0) is 55.8 Å². The van der Waals surface area contributed by atoms with Crippen molar-refractivity contribution in [1.29, 1.82) is 0 Å². The van der Waals surface area contributed by atoms with Crippen LogP contribution in [0.1, 0.15) is 38.2 Å². The largest absolute Gasteiger partial charge is 0.338 e. The summed E-state index contributed by atoms with van der Waals surface area (Å²) in [7, 11) is 0. The molecule has 0 aliphatic carbocycles.